The van der Waals surface area contributed by atoms with E-state index in [4.69, 9.17) is 9.47 Å². The van der Waals surface area contributed by atoms with Crippen LogP contribution in [0.1, 0.15) is 42.7 Å². The van der Waals surface area contributed by atoms with Gasteiger partial charge in [-0.05, 0) is 47.4 Å². The average Bonchev–Trinajstić information content (AvgIpc) is 3.28. The standard InChI is InChI=1S/C27H30N2O6/c1-34-11-10-23(24(30)31)29-25(32)27-13-16(27)12-17(14-27)28-26(33)35-15-22-20-8-4-2-6-18(20)19-7-3-5-9-21(19)22/h2-9,16-17,22-23H,10-15H2,1H3,(H,28,33)(H,29,32)(H,30,31)/t16-,17+,23?,27+/m1/s1. The number of amides is 2. The summed E-state index contributed by atoms with van der Waals surface area (Å²) in [5, 5.41) is 15.0. The number of nitrogens with one attached hydrogen (secondary N) is 2. The first-order valence-electron chi connectivity index (χ1n) is 12.1. The lowest BCUT2D eigenvalue weighted by molar-refractivity contribution is -0.143. The van der Waals surface area contributed by atoms with Crippen molar-refractivity contribution in [3.63, 3.8) is 0 Å². The maximum Gasteiger partial charge on any atom is 0.407 e. The van der Waals surface area contributed by atoms with Gasteiger partial charge in [-0.2, -0.15) is 0 Å². The van der Waals surface area contributed by atoms with Crippen molar-refractivity contribution < 1.29 is 29.0 Å². The number of carboxylic acids is 1. The molecule has 0 aliphatic heterocycles. The number of rotatable bonds is 9. The van der Waals surface area contributed by atoms with Gasteiger partial charge >= 0.3 is 12.1 Å². The zero-order valence-electron chi connectivity index (χ0n) is 19.7. The molecule has 0 aromatic heterocycles. The van der Waals surface area contributed by atoms with Crippen molar-refractivity contribution >= 4 is 18.0 Å². The van der Waals surface area contributed by atoms with Crippen molar-refractivity contribution in [2.45, 2.75) is 43.7 Å². The Bertz CT molecular complexity index is 1100. The van der Waals surface area contributed by atoms with Crippen molar-refractivity contribution in [2.75, 3.05) is 20.3 Å². The number of methoxy groups -OCH3 is 1. The summed E-state index contributed by atoms with van der Waals surface area (Å²) in [6, 6.07) is 15.2. The van der Waals surface area contributed by atoms with Crippen molar-refractivity contribution in [3.8, 4) is 11.1 Å². The van der Waals surface area contributed by atoms with Crippen LogP contribution in [0.25, 0.3) is 11.1 Å². The zero-order chi connectivity index (χ0) is 24.6. The molecular weight excluding hydrogens is 448 g/mol. The first-order valence-corrected chi connectivity index (χ1v) is 12.1. The number of hydrogen-bond acceptors (Lipinski definition) is 5. The summed E-state index contributed by atoms with van der Waals surface area (Å²) in [4.78, 5) is 37.0. The van der Waals surface area contributed by atoms with Crippen molar-refractivity contribution in [2.24, 2.45) is 11.3 Å². The molecule has 184 valence electrons. The van der Waals surface area contributed by atoms with Crippen LogP contribution < -0.4 is 10.6 Å². The van der Waals surface area contributed by atoms with Crippen LogP contribution >= 0.6 is 0 Å². The molecule has 3 aliphatic carbocycles. The third-order valence-corrected chi connectivity index (χ3v) is 7.74. The van der Waals surface area contributed by atoms with E-state index in [2.05, 4.69) is 34.9 Å². The van der Waals surface area contributed by atoms with Gasteiger partial charge < -0.3 is 25.2 Å². The van der Waals surface area contributed by atoms with E-state index >= 15 is 0 Å². The SMILES string of the molecule is COCCC(NC(=O)[C@@]12C[C@@H](NC(=O)OCC3c4ccccc4-c4ccccc43)C[C@@H]1C2)C(=O)O. The minimum atomic E-state index is -1.07. The van der Waals surface area contributed by atoms with Gasteiger partial charge in [-0.1, -0.05) is 48.5 Å². The van der Waals surface area contributed by atoms with E-state index in [0.717, 1.165) is 17.5 Å². The Kier molecular flexibility index (Phi) is 6.23. The van der Waals surface area contributed by atoms with E-state index in [1.54, 1.807) is 0 Å². The van der Waals surface area contributed by atoms with Crippen LogP contribution in [0, 0.1) is 11.3 Å². The topological polar surface area (TPSA) is 114 Å². The number of ether oxygens (including phenoxy) is 2. The summed E-state index contributed by atoms with van der Waals surface area (Å²) in [7, 11) is 1.49. The average molecular weight is 479 g/mol. The summed E-state index contributed by atoms with van der Waals surface area (Å²) < 4.78 is 10.6. The molecule has 0 radical (unpaired) electrons. The molecule has 2 saturated carbocycles. The lowest BCUT2D eigenvalue weighted by Gasteiger charge is -2.21. The zero-order valence-corrected chi connectivity index (χ0v) is 19.7. The van der Waals surface area contributed by atoms with Gasteiger partial charge in [0.15, 0.2) is 0 Å². The third-order valence-electron chi connectivity index (χ3n) is 7.74. The van der Waals surface area contributed by atoms with Gasteiger partial charge in [-0.15, -0.1) is 0 Å². The van der Waals surface area contributed by atoms with E-state index in [-0.39, 0.29) is 43.4 Å². The van der Waals surface area contributed by atoms with Crippen LogP contribution in [0.3, 0.4) is 0 Å². The molecule has 4 atom stereocenters. The maximum absolute atomic E-state index is 12.9. The molecule has 35 heavy (non-hydrogen) atoms. The van der Waals surface area contributed by atoms with E-state index in [0.29, 0.717) is 12.8 Å². The molecule has 1 unspecified atom stereocenters. The minimum Gasteiger partial charge on any atom is -0.480 e. The van der Waals surface area contributed by atoms with Gasteiger partial charge in [-0.25, -0.2) is 9.59 Å². The second-order valence-electron chi connectivity index (χ2n) is 9.81. The van der Waals surface area contributed by atoms with E-state index in [1.807, 2.05) is 24.3 Å². The Labute approximate surface area is 204 Å². The minimum absolute atomic E-state index is 0.0118. The van der Waals surface area contributed by atoms with Crippen molar-refractivity contribution in [1.29, 1.82) is 0 Å². The van der Waals surface area contributed by atoms with Crippen molar-refractivity contribution in [3.05, 3.63) is 59.7 Å². The first kappa shape index (κ1) is 23.4. The number of benzene rings is 2. The highest BCUT2D eigenvalue weighted by Gasteiger charge is 2.65. The van der Waals surface area contributed by atoms with Crippen LogP contribution in [0.15, 0.2) is 48.5 Å². The third kappa shape index (κ3) is 4.38. The van der Waals surface area contributed by atoms with E-state index in [9.17, 15) is 19.5 Å². The van der Waals surface area contributed by atoms with Crippen molar-refractivity contribution in [1.82, 2.24) is 10.6 Å². The predicted octanol–water partition coefficient (Wildman–Crippen LogP) is 3.30. The van der Waals surface area contributed by atoms with Crippen LogP contribution in [-0.4, -0.2) is 55.5 Å². The Hall–Kier alpha value is -3.39. The van der Waals surface area contributed by atoms with Crippen LogP contribution in [0.5, 0.6) is 0 Å². The second kappa shape index (κ2) is 9.34. The Balaban J connectivity index is 1.15. The lowest BCUT2D eigenvalue weighted by atomic mass is 9.98. The largest absolute Gasteiger partial charge is 0.480 e. The number of hydrogen-bond donors (Lipinski definition) is 3. The normalized spacial score (nSPS) is 24.6. The first-order chi connectivity index (χ1) is 16.9. The molecule has 8 heteroatoms. The summed E-state index contributed by atoms with van der Waals surface area (Å²) in [5.41, 5.74) is 4.06. The second-order valence-corrected chi connectivity index (χ2v) is 9.81. The summed E-state index contributed by atoms with van der Waals surface area (Å²) >= 11 is 0. The Morgan fingerprint density at radius 1 is 1.06 bits per heavy atom. The molecule has 2 fully saturated rings. The fourth-order valence-corrected chi connectivity index (χ4v) is 5.89. The van der Waals surface area contributed by atoms with Gasteiger partial charge in [0.05, 0.1) is 5.41 Å². The summed E-state index contributed by atoms with van der Waals surface area (Å²) in [6.07, 6.45) is 1.62. The fraction of sp³-hybridized carbons (Fsp3) is 0.444. The molecule has 0 bridgehead atoms. The molecule has 2 aromatic rings. The highest BCUT2D eigenvalue weighted by molar-refractivity contribution is 5.90. The quantitative estimate of drug-likeness (QED) is 0.510. The van der Waals surface area contributed by atoms with Gasteiger partial charge in [0.25, 0.3) is 0 Å². The molecule has 3 aliphatic rings. The fourth-order valence-electron chi connectivity index (χ4n) is 5.89. The van der Waals surface area contributed by atoms with Gasteiger partial charge in [0.1, 0.15) is 12.6 Å². The predicted molar refractivity (Wildman–Crippen MR) is 128 cm³/mol. The van der Waals surface area contributed by atoms with Gasteiger partial charge in [0, 0.05) is 32.1 Å². The monoisotopic (exact) mass is 478 g/mol. The highest BCUT2D eigenvalue weighted by Crippen LogP contribution is 2.63. The molecular formula is C27H30N2O6. The molecule has 8 nitrogen and oxygen atoms in total. The van der Waals surface area contributed by atoms with Crippen LogP contribution in [-0.2, 0) is 19.1 Å². The molecule has 3 N–H and O–H groups in total. The highest BCUT2D eigenvalue weighted by atomic mass is 16.5. The molecule has 0 heterocycles. The molecule has 2 aromatic carbocycles. The lowest BCUT2D eigenvalue weighted by Crippen LogP contribution is -2.45. The number of carbonyl (C=O) groups is 3. The smallest absolute Gasteiger partial charge is 0.407 e. The molecule has 5 rings (SSSR count). The molecule has 0 spiro atoms. The van der Waals surface area contributed by atoms with E-state index in [1.165, 1.54) is 18.2 Å². The molecule has 0 saturated heterocycles. The maximum atomic E-state index is 12.9. The van der Waals surface area contributed by atoms with Gasteiger partial charge in [-0.3, -0.25) is 4.79 Å². The van der Waals surface area contributed by atoms with Crippen LogP contribution in [0.4, 0.5) is 4.79 Å². The molecule has 2 amide bonds. The Morgan fingerprint density at radius 2 is 1.71 bits per heavy atom. The number of fused-ring (bicyclic) bond motifs is 4. The Morgan fingerprint density at radius 3 is 2.34 bits per heavy atom. The van der Waals surface area contributed by atoms with Gasteiger partial charge in [0.2, 0.25) is 5.91 Å². The number of aliphatic carboxylic acids is 1. The summed E-state index contributed by atoms with van der Waals surface area (Å²) in [6.45, 7) is 0.487. The van der Waals surface area contributed by atoms with E-state index < -0.39 is 23.5 Å². The van der Waals surface area contributed by atoms with Crippen LogP contribution in [0.2, 0.25) is 0 Å². The number of carbonyl (C=O) groups excluding carboxylic acids is 2. The number of carboxylic acid groups (broad SMARTS) is 1. The summed E-state index contributed by atoms with van der Waals surface area (Å²) in [5.74, 6) is -1.18. The number of alkyl carbamates (subject to hydrolysis) is 1.